The lowest BCUT2D eigenvalue weighted by Crippen LogP contribution is -2.04. The molecule has 0 N–H and O–H groups in total. The zero-order valence-electron chi connectivity index (χ0n) is 17.6. The minimum atomic E-state index is -0.649. The molecule has 0 aliphatic carbocycles. The Balaban J connectivity index is 1.42. The summed E-state index contributed by atoms with van der Waals surface area (Å²) in [6, 6.07) is 8.38. The molecule has 166 valence electrons. The summed E-state index contributed by atoms with van der Waals surface area (Å²) in [7, 11) is 4.53. The van der Waals surface area contributed by atoms with Gasteiger partial charge >= 0.3 is 5.97 Å². The van der Waals surface area contributed by atoms with Gasteiger partial charge in [0, 0.05) is 18.0 Å². The van der Waals surface area contributed by atoms with Crippen molar-refractivity contribution in [1.82, 2.24) is 20.0 Å². The predicted molar refractivity (Wildman–Crippen MR) is 109 cm³/mol. The van der Waals surface area contributed by atoms with Crippen molar-refractivity contribution < 1.29 is 32.6 Å². The number of rotatable bonds is 9. The lowest BCUT2D eigenvalue weighted by molar-refractivity contribution is 0.0400. The van der Waals surface area contributed by atoms with E-state index in [1.165, 1.54) is 27.4 Å². The quantitative estimate of drug-likeness (QED) is 0.359. The van der Waals surface area contributed by atoms with E-state index in [9.17, 15) is 4.79 Å². The van der Waals surface area contributed by atoms with Gasteiger partial charge in [0.2, 0.25) is 17.4 Å². The number of ether oxygens (including phenoxy) is 4. The van der Waals surface area contributed by atoms with Crippen LogP contribution in [-0.2, 0) is 17.9 Å². The van der Waals surface area contributed by atoms with Gasteiger partial charge in [0.25, 0.3) is 5.89 Å². The summed E-state index contributed by atoms with van der Waals surface area (Å²) in [5.74, 6) is 1.63. The summed E-state index contributed by atoms with van der Waals surface area (Å²) >= 11 is 0. The number of aromatic nitrogens is 4. The number of carbonyl (C=O) groups is 1. The van der Waals surface area contributed by atoms with Gasteiger partial charge in [-0.05, 0) is 30.3 Å². The smallest absolute Gasteiger partial charge is 0.374 e. The van der Waals surface area contributed by atoms with E-state index in [-0.39, 0.29) is 24.1 Å². The predicted octanol–water partition coefficient (Wildman–Crippen LogP) is 2.96. The van der Waals surface area contributed by atoms with Gasteiger partial charge in [-0.3, -0.25) is 4.68 Å². The first kappa shape index (κ1) is 21.0. The molecular weight excluding hydrogens is 420 g/mol. The molecule has 0 fully saturated rings. The van der Waals surface area contributed by atoms with Gasteiger partial charge in [0.15, 0.2) is 18.1 Å². The number of nitrogens with zero attached hydrogens (tertiary/aromatic N) is 4. The van der Waals surface area contributed by atoms with Gasteiger partial charge in [-0.2, -0.15) is 5.10 Å². The summed E-state index contributed by atoms with van der Waals surface area (Å²) in [5.41, 5.74) is 0.555. The SMILES string of the molecule is COc1cc(-c2nnc(COC(=O)c3ccc(Cn4cccn4)o3)o2)cc(OC)c1OC. The number of methoxy groups -OCH3 is 3. The zero-order valence-corrected chi connectivity index (χ0v) is 17.6. The molecule has 3 aromatic heterocycles. The van der Waals surface area contributed by atoms with E-state index in [0.717, 1.165) is 0 Å². The molecule has 0 saturated heterocycles. The second-order valence-corrected chi connectivity index (χ2v) is 6.46. The molecule has 0 aliphatic rings. The van der Waals surface area contributed by atoms with Crippen molar-refractivity contribution in [3.05, 3.63) is 60.1 Å². The van der Waals surface area contributed by atoms with Crippen LogP contribution in [0, 0.1) is 0 Å². The molecule has 32 heavy (non-hydrogen) atoms. The van der Waals surface area contributed by atoms with Crippen LogP contribution in [0.1, 0.15) is 22.2 Å². The van der Waals surface area contributed by atoms with Crippen LogP contribution in [0.3, 0.4) is 0 Å². The standard InChI is InChI=1S/C21H20N4O7/c1-27-16-9-13(10-17(28-2)19(16)29-3)20-24-23-18(32-20)12-30-21(26)15-6-5-14(31-15)11-25-8-4-7-22-25/h4-10H,11-12H2,1-3H3. The molecule has 0 atom stereocenters. The fourth-order valence-electron chi connectivity index (χ4n) is 2.96. The van der Waals surface area contributed by atoms with Crippen LogP contribution in [0.2, 0.25) is 0 Å². The largest absolute Gasteiger partial charge is 0.493 e. The van der Waals surface area contributed by atoms with E-state index in [0.29, 0.717) is 35.1 Å². The Hall–Kier alpha value is -4.28. The van der Waals surface area contributed by atoms with Gasteiger partial charge in [0.1, 0.15) is 5.76 Å². The molecule has 3 heterocycles. The molecule has 11 nitrogen and oxygen atoms in total. The highest BCUT2D eigenvalue weighted by molar-refractivity contribution is 5.86. The highest BCUT2D eigenvalue weighted by Crippen LogP contribution is 2.40. The van der Waals surface area contributed by atoms with E-state index in [1.807, 2.05) is 0 Å². The average Bonchev–Trinajstić information content (AvgIpc) is 3.59. The van der Waals surface area contributed by atoms with Crippen molar-refractivity contribution in [3.8, 4) is 28.7 Å². The Bertz CT molecular complexity index is 1170. The zero-order chi connectivity index (χ0) is 22.5. The second-order valence-electron chi connectivity index (χ2n) is 6.46. The van der Waals surface area contributed by atoms with Crippen molar-refractivity contribution in [3.63, 3.8) is 0 Å². The molecule has 0 unspecified atom stereocenters. The Kier molecular flexibility index (Phi) is 6.06. The molecule has 4 rings (SSSR count). The van der Waals surface area contributed by atoms with Crippen molar-refractivity contribution in [2.24, 2.45) is 0 Å². The third-order valence-corrected chi connectivity index (χ3v) is 4.45. The Labute approximate surface area is 182 Å². The fraction of sp³-hybridized carbons (Fsp3) is 0.238. The minimum Gasteiger partial charge on any atom is -0.493 e. The number of esters is 1. The lowest BCUT2D eigenvalue weighted by Gasteiger charge is -2.12. The van der Waals surface area contributed by atoms with Gasteiger partial charge in [-0.1, -0.05) is 0 Å². The maximum absolute atomic E-state index is 12.3. The normalized spacial score (nSPS) is 10.7. The highest BCUT2D eigenvalue weighted by Gasteiger charge is 2.19. The Morgan fingerprint density at radius 3 is 2.47 bits per heavy atom. The molecule has 0 saturated carbocycles. The molecule has 0 amide bonds. The Morgan fingerprint density at radius 1 is 1.03 bits per heavy atom. The molecule has 11 heteroatoms. The van der Waals surface area contributed by atoms with E-state index in [4.69, 9.17) is 27.8 Å². The number of benzene rings is 1. The molecule has 0 bridgehead atoms. The van der Waals surface area contributed by atoms with E-state index < -0.39 is 5.97 Å². The van der Waals surface area contributed by atoms with Crippen molar-refractivity contribution in [2.75, 3.05) is 21.3 Å². The highest BCUT2D eigenvalue weighted by atomic mass is 16.6. The summed E-state index contributed by atoms with van der Waals surface area (Å²) in [4.78, 5) is 12.3. The van der Waals surface area contributed by atoms with Crippen LogP contribution in [0.25, 0.3) is 11.5 Å². The summed E-state index contributed by atoms with van der Waals surface area (Å²) < 4.78 is 34.0. The molecule has 0 radical (unpaired) electrons. The monoisotopic (exact) mass is 440 g/mol. The molecule has 1 aromatic carbocycles. The van der Waals surface area contributed by atoms with Crippen LogP contribution in [0.4, 0.5) is 0 Å². The van der Waals surface area contributed by atoms with Gasteiger partial charge < -0.3 is 27.8 Å². The first-order valence-electron chi connectivity index (χ1n) is 9.47. The molecule has 4 aromatic rings. The van der Waals surface area contributed by atoms with Gasteiger partial charge in [-0.15, -0.1) is 10.2 Å². The van der Waals surface area contributed by atoms with Crippen LogP contribution in [-0.4, -0.2) is 47.3 Å². The average molecular weight is 440 g/mol. The molecule has 0 spiro atoms. The Morgan fingerprint density at radius 2 is 1.81 bits per heavy atom. The van der Waals surface area contributed by atoms with Crippen LogP contribution in [0.5, 0.6) is 17.2 Å². The van der Waals surface area contributed by atoms with Crippen molar-refractivity contribution in [2.45, 2.75) is 13.2 Å². The maximum Gasteiger partial charge on any atom is 0.374 e. The molecule has 0 aliphatic heterocycles. The third-order valence-electron chi connectivity index (χ3n) is 4.45. The van der Waals surface area contributed by atoms with Crippen molar-refractivity contribution >= 4 is 5.97 Å². The van der Waals surface area contributed by atoms with Gasteiger partial charge in [-0.25, -0.2) is 4.79 Å². The number of hydrogen-bond acceptors (Lipinski definition) is 10. The molecular formula is C21H20N4O7. The van der Waals surface area contributed by atoms with Crippen molar-refractivity contribution in [1.29, 1.82) is 0 Å². The van der Waals surface area contributed by atoms with Gasteiger partial charge in [0.05, 0.1) is 27.9 Å². The van der Waals surface area contributed by atoms with Crippen LogP contribution in [0.15, 0.2) is 51.6 Å². The van der Waals surface area contributed by atoms with E-state index in [2.05, 4.69) is 15.3 Å². The maximum atomic E-state index is 12.3. The summed E-state index contributed by atoms with van der Waals surface area (Å²) in [5, 5.41) is 12.0. The third kappa shape index (κ3) is 4.41. The minimum absolute atomic E-state index is 0.0662. The summed E-state index contributed by atoms with van der Waals surface area (Å²) in [6.45, 7) is 0.188. The van der Waals surface area contributed by atoms with E-state index in [1.54, 1.807) is 41.3 Å². The number of furan rings is 1. The second kappa shape index (κ2) is 9.25. The topological polar surface area (TPSA) is 124 Å². The van der Waals surface area contributed by atoms with Crippen LogP contribution >= 0.6 is 0 Å². The van der Waals surface area contributed by atoms with Crippen LogP contribution < -0.4 is 14.2 Å². The summed E-state index contributed by atoms with van der Waals surface area (Å²) in [6.07, 6.45) is 3.45. The lowest BCUT2D eigenvalue weighted by atomic mass is 10.2. The van der Waals surface area contributed by atoms with E-state index >= 15 is 0 Å². The first-order chi connectivity index (χ1) is 15.6. The fourth-order valence-corrected chi connectivity index (χ4v) is 2.96. The number of hydrogen-bond donors (Lipinski definition) is 0. The number of carbonyl (C=O) groups excluding carboxylic acids is 1. The first-order valence-corrected chi connectivity index (χ1v) is 9.47.